The fourth-order valence-electron chi connectivity index (χ4n) is 0.797. The third kappa shape index (κ3) is 2.56. The standard InChI is InChI=1S/C9H8N2O2/c1-6-5-8(3-4-9(12)13)7(2)11-10-6/h5H,1-2H3,(H,12,13). The molecule has 0 aliphatic heterocycles. The van der Waals surface area contributed by atoms with Gasteiger partial charge in [0.15, 0.2) is 0 Å². The predicted molar refractivity (Wildman–Crippen MR) is 46.0 cm³/mol. The Morgan fingerprint density at radius 2 is 2.15 bits per heavy atom. The van der Waals surface area contributed by atoms with Gasteiger partial charge in [-0.1, -0.05) is 5.92 Å². The number of hydrogen-bond donors (Lipinski definition) is 1. The van der Waals surface area contributed by atoms with Gasteiger partial charge in [-0.3, -0.25) is 0 Å². The first kappa shape index (κ1) is 9.20. The Labute approximate surface area is 75.6 Å². The van der Waals surface area contributed by atoms with E-state index in [1.807, 2.05) is 5.92 Å². The highest BCUT2D eigenvalue weighted by molar-refractivity contribution is 5.87. The summed E-state index contributed by atoms with van der Waals surface area (Å²) in [6, 6.07) is 1.71. The molecule has 0 aliphatic rings. The number of hydrogen-bond acceptors (Lipinski definition) is 3. The van der Waals surface area contributed by atoms with Gasteiger partial charge >= 0.3 is 5.97 Å². The summed E-state index contributed by atoms with van der Waals surface area (Å²) >= 11 is 0. The Hall–Kier alpha value is -1.89. The number of carboxylic acid groups (broad SMARTS) is 1. The maximum Gasteiger partial charge on any atom is 0.382 e. The van der Waals surface area contributed by atoms with Crippen molar-refractivity contribution >= 4 is 5.97 Å². The van der Waals surface area contributed by atoms with E-state index in [2.05, 4.69) is 16.1 Å². The zero-order valence-corrected chi connectivity index (χ0v) is 7.33. The van der Waals surface area contributed by atoms with Gasteiger partial charge in [0, 0.05) is 5.92 Å². The average molecular weight is 176 g/mol. The highest BCUT2D eigenvalue weighted by Crippen LogP contribution is 2.02. The molecule has 1 rings (SSSR count). The lowest BCUT2D eigenvalue weighted by Crippen LogP contribution is -1.95. The van der Waals surface area contributed by atoms with E-state index in [0.29, 0.717) is 11.3 Å². The van der Waals surface area contributed by atoms with E-state index < -0.39 is 5.97 Å². The molecule has 0 fully saturated rings. The summed E-state index contributed by atoms with van der Waals surface area (Å²) in [5.74, 6) is 3.39. The van der Waals surface area contributed by atoms with Crippen molar-refractivity contribution < 1.29 is 9.90 Å². The van der Waals surface area contributed by atoms with E-state index in [0.717, 1.165) is 5.69 Å². The predicted octanol–water partition coefficient (Wildman–Crippen LogP) is 0.530. The molecule has 0 amide bonds. The molecule has 0 saturated carbocycles. The summed E-state index contributed by atoms with van der Waals surface area (Å²) in [7, 11) is 0. The fourth-order valence-corrected chi connectivity index (χ4v) is 0.797. The average Bonchev–Trinajstić information content (AvgIpc) is 2.06. The van der Waals surface area contributed by atoms with Crippen LogP contribution >= 0.6 is 0 Å². The first-order valence-corrected chi connectivity index (χ1v) is 3.65. The molecule has 0 atom stereocenters. The smallest absolute Gasteiger partial charge is 0.382 e. The van der Waals surface area contributed by atoms with Crippen molar-refractivity contribution in [1.29, 1.82) is 0 Å². The monoisotopic (exact) mass is 176 g/mol. The first-order chi connectivity index (χ1) is 6.09. The maximum absolute atomic E-state index is 10.2. The number of aryl methyl sites for hydroxylation is 2. The van der Waals surface area contributed by atoms with Gasteiger partial charge in [0.2, 0.25) is 0 Å². The minimum Gasteiger partial charge on any atom is -0.472 e. The van der Waals surface area contributed by atoms with Gasteiger partial charge in [0.1, 0.15) is 0 Å². The molecule has 0 radical (unpaired) electrons. The van der Waals surface area contributed by atoms with Gasteiger partial charge in [0.25, 0.3) is 0 Å². The number of carboxylic acids is 1. The summed E-state index contributed by atoms with van der Waals surface area (Å²) < 4.78 is 0. The van der Waals surface area contributed by atoms with Gasteiger partial charge in [-0.2, -0.15) is 10.2 Å². The lowest BCUT2D eigenvalue weighted by Gasteiger charge is -1.95. The molecule has 1 N–H and O–H groups in total. The zero-order chi connectivity index (χ0) is 9.84. The maximum atomic E-state index is 10.2. The van der Waals surface area contributed by atoms with Crippen molar-refractivity contribution in [2.45, 2.75) is 13.8 Å². The molecular weight excluding hydrogens is 168 g/mol. The quantitative estimate of drug-likeness (QED) is 0.585. The van der Waals surface area contributed by atoms with Crippen molar-refractivity contribution in [3.8, 4) is 11.8 Å². The van der Waals surface area contributed by atoms with Gasteiger partial charge in [-0.05, 0) is 19.9 Å². The summed E-state index contributed by atoms with van der Waals surface area (Å²) in [4.78, 5) is 10.2. The SMILES string of the molecule is Cc1cc(C#CC(=O)O)c(C)nn1. The molecule has 66 valence electrons. The number of carbonyl (C=O) groups is 1. The first-order valence-electron chi connectivity index (χ1n) is 3.65. The van der Waals surface area contributed by atoms with Crippen LogP contribution < -0.4 is 0 Å². The highest BCUT2D eigenvalue weighted by Gasteiger charge is 1.97. The number of aromatic nitrogens is 2. The van der Waals surface area contributed by atoms with Gasteiger partial charge < -0.3 is 5.11 Å². The molecule has 1 heterocycles. The van der Waals surface area contributed by atoms with Crippen LogP contribution in [-0.4, -0.2) is 21.3 Å². The van der Waals surface area contributed by atoms with E-state index in [1.54, 1.807) is 19.9 Å². The Bertz CT molecular complexity index is 402. The molecule has 4 nitrogen and oxygen atoms in total. The van der Waals surface area contributed by atoms with Crippen molar-refractivity contribution in [3.63, 3.8) is 0 Å². The number of rotatable bonds is 0. The lowest BCUT2D eigenvalue weighted by atomic mass is 10.2. The van der Waals surface area contributed by atoms with Crippen molar-refractivity contribution in [2.75, 3.05) is 0 Å². The molecule has 0 unspecified atom stereocenters. The van der Waals surface area contributed by atoms with E-state index in [4.69, 9.17) is 5.11 Å². The van der Waals surface area contributed by atoms with Crippen molar-refractivity contribution in [3.05, 3.63) is 23.0 Å². The van der Waals surface area contributed by atoms with Crippen LogP contribution in [0.2, 0.25) is 0 Å². The Morgan fingerprint density at radius 3 is 2.77 bits per heavy atom. The van der Waals surface area contributed by atoms with Crippen LogP contribution in [0.25, 0.3) is 0 Å². The molecule has 1 aromatic rings. The summed E-state index contributed by atoms with van der Waals surface area (Å²) in [6.45, 7) is 3.51. The van der Waals surface area contributed by atoms with E-state index in [1.165, 1.54) is 0 Å². The lowest BCUT2D eigenvalue weighted by molar-refractivity contribution is -0.130. The third-order valence-electron chi connectivity index (χ3n) is 1.40. The van der Waals surface area contributed by atoms with Gasteiger partial charge in [0.05, 0.1) is 17.0 Å². The van der Waals surface area contributed by atoms with Crippen LogP contribution in [0, 0.1) is 25.7 Å². The Kier molecular flexibility index (Phi) is 2.60. The largest absolute Gasteiger partial charge is 0.472 e. The second kappa shape index (κ2) is 3.68. The van der Waals surface area contributed by atoms with E-state index in [9.17, 15) is 4.79 Å². The second-order valence-electron chi connectivity index (χ2n) is 2.54. The van der Waals surface area contributed by atoms with Crippen LogP contribution in [-0.2, 0) is 4.79 Å². The Balaban J connectivity index is 3.09. The second-order valence-corrected chi connectivity index (χ2v) is 2.54. The molecule has 0 bridgehead atoms. The van der Waals surface area contributed by atoms with E-state index >= 15 is 0 Å². The number of aliphatic carboxylic acids is 1. The topological polar surface area (TPSA) is 63.1 Å². The van der Waals surface area contributed by atoms with Gasteiger partial charge in [-0.25, -0.2) is 4.79 Å². The molecule has 13 heavy (non-hydrogen) atoms. The molecular formula is C9H8N2O2. The van der Waals surface area contributed by atoms with Gasteiger partial charge in [-0.15, -0.1) is 0 Å². The molecule has 1 aromatic heterocycles. The molecule has 4 heteroatoms. The summed E-state index contributed by atoms with van der Waals surface area (Å²) in [5, 5.41) is 15.9. The molecule has 0 aliphatic carbocycles. The van der Waals surface area contributed by atoms with E-state index in [-0.39, 0.29) is 0 Å². The van der Waals surface area contributed by atoms with Crippen LogP contribution in [0.5, 0.6) is 0 Å². The van der Waals surface area contributed by atoms with Crippen molar-refractivity contribution in [2.24, 2.45) is 0 Å². The normalized spacial score (nSPS) is 8.77. The van der Waals surface area contributed by atoms with Crippen LogP contribution in [0.4, 0.5) is 0 Å². The molecule has 0 spiro atoms. The minimum atomic E-state index is -1.14. The van der Waals surface area contributed by atoms with Crippen LogP contribution in [0.1, 0.15) is 17.0 Å². The zero-order valence-electron chi connectivity index (χ0n) is 7.33. The Morgan fingerprint density at radius 1 is 1.46 bits per heavy atom. The van der Waals surface area contributed by atoms with Crippen LogP contribution in [0.3, 0.4) is 0 Å². The minimum absolute atomic E-state index is 0.606. The number of nitrogens with zero attached hydrogens (tertiary/aromatic N) is 2. The fraction of sp³-hybridized carbons (Fsp3) is 0.222. The highest BCUT2D eigenvalue weighted by atomic mass is 16.4. The molecule has 0 aromatic carbocycles. The molecule has 0 saturated heterocycles. The van der Waals surface area contributed by atoms with Crippen molar-refractivity contribution in [1.82, 2.24) is 10.2 Å². The summed E-state index contributed by atoms with van der Waals surface area (Å²) in [6.07, 6.45) is 0. The van der Waals surface area contributed by atoms with Crippen LogP contribution in [0.15, 0.2) is 6.07 Å². The third-order valence-corrected chi connectivity index (χ3v) is 1.40. The summed E-state index contributed by atoms with van der Waals surface area (Å²) in [5.41, 5.74) is 1.97.